The third-order valence-electron chi connectivity index (χ3n) is 5.08. The zero-order chi connectivity index (χ0) is 23.2. The van der Waals surface area contributed by atoms with Gasteiger partial charge in [0, 0.05) is 30.0 Å². The fourth-order valence-corrected chi connectivity index (χ4v) is 3.47. The third-order valence-corrected chi connectivity index (χ3v) is 5.08. The number of phenols is 1. The second kappa shape index (κ2) is 9.80. The molecule has 9 nitrogen and oxygen atoms in total. The molecule has 0 bridgehead atoms. The molecule has 9 heteroatoms. The van der Waals surface area contributed by atoms with Crippen LogP contribution in [-0.4, -0.2) is 47.3 Å². The van der Waals surface area contributed by atoms with Gasteiger partial charge < -0.3 is 25.4 Å². The van der Waals surface area contributed by atoms with Gasteiger partial charge in [-0.15, -0.1) is 0 Å². The van der Waals surface area contributed by atoms with Gasteiger partial charge in [0.1, 0.15) is 11.8 Å². The van der Waals surface area contributed by atoms with Crippen molar-refractivity contribution in [1.29, 1.82) is 5.26 Å². The highest BCUT2D eigenvalue weighted by Crippen LogP contribution is 2.32. The lowest BCUT2D eigenvalue weighted by Gasteiger charge is -2.29. The minimum Gasteiger partial charge on any atom is -0.506 e. The van der Waals surface area contributed by atoms with Crippen LogP contribution in [0.1, 0.15) is 5.56 Å². The highest BCUT2D eigenvalue weighted by Gasteiger charge is 2.16. The predicted octanol–water partition coefficient (Wildman–Crippen LogP) is 3.43. The van der Waals surface area contributed by atoms with Gasteiger partial charge in [0.25, 0.3) is 0 Å². The van der Waals surface area contributed by atoms with Gasteiger partial charge in [0.2, 0.25) is 11.9 Å². The number of aromatic nitrogens is 2. The molecule has 33 heavy (non-hydrogen) atoms. The molecule has 166 valence electrons. The zero-order valence-electron chi connectivity index (χ0n) is 17.8. The Bertz CT molecular complexity index is 1230. The average molecular weight is 442 g/mol. The third kappa shape index (κ3) is 5.08. The van der Waals surface area contributed by atoms with E-state index in [1.54, 1.807) is 36.4 Å². The van der Waals surface area contributed by atoms with Gasteiger partial charge in [0.15, 0.2) is 0 Å². The van der Waals surface area contributed by atoms with Crippen LogP contribution in [0.15, 0.2) is 61.3 Å². The Morgan fingerprint density at radius 3 is 2.79 bits per heavy atom. The molecule has 1 saturated heterocycles. The molecule has 0 aliphatic carbocycles. The molecule has 0 spiro atoms. The minimum atomic E-state index is -0.332. The molecule has 1 amide bonds. The van der Waals surface area contributed by atoms with Crippen molar-refractivity contribution < 1.29 is 14.6 Å². The van der Waals surface area contributed by atoms with Gasteiger partial charge in [-0.3, -0.25) is 4.79 Å². The van der Waals surface area contributed by atoms with Crippen LogP contribution in [0.3, 0.4) is 0 Å². The van der Waals surface area contributed by atoms with Crippen LogP contribution in [-0.2, 0) is 9.53 Å². The molecule has 3 N–H and O–H groups in total. The Morgan fingerprint density at radius 2 is 2.03 bits per heavy atom. The molecule has 0 atom stereocenters. The maximum absolute atomic E-state index is 11.6. The van der Waals surface area contributed by atoms with Crippen LogP contribution in [0.25, 0.3) is 11.3 Å². The zero-order valence-corrected chi connectivity index (χ0v) is 17.8. The van der Waals surface area contributed by atoms with Crippen LogP contribution in [0.5, 0.6) is 5.75 Å². The second-order valence-corrected chi connectivity index (χ2v) is 7.27. The van der Waals surface area contributed by atoms with Crippen LogP contribution >= 0.6 is 0 Å². The molecule has 1 aliphatic heterocycles. The summed E-state index contributed by atoms with van der Waals surface area (Å²) in [4.78, 5) is 22.5. The van der Waals surface area contributed by atoms with Crippen LogP contribution in [0.2, 0.25) is 0 Å². The van der Waals surface area contributed by atoms with E-state index in [0.29, 0.717) is 66.1 Å². The standard InChI is InChI=1S/C24H22N6O3/c1-2-22(32)27-18-5-3-4-16(12-18)23-17(14-25)15-26-24(29-23)28-19-6-7-21(31)20(13-19)30-8-10-33-11-9-30/h2-7,12-13,15,31H,1,8-11H2,(H,27,32)(H,26,28,29). The summed E-state index contributed by atoms with van der Waals surface area (Å²) >= 11 is 0. The van der Waals surface area contributed by atoms with E-state index in [1.165, 1.54) is 12.3 Å². The fourth-order valence-electron chi connectivity index (χ4n) is 3.47. The number of nitrogens with one attached hydrogen (secondary N) is 2. The van der Waals surface area contributed by atoms with Crippen molar-refractivity contribution in [3.63, 3.8) is 0 Å². The normalized spacial score (nSPS) is 13.1. The summed E-state index contributed by atoms with van der Waals surface area (Å²) in [7, 11) is 0. The number of ether oxygens (including phenoxy) is 1. The summed E-state index contributed by atoms with van der Waals surface area (Å²) < 4.78 is 5.39. The fraction of sp³-hybridized carbons (Fsp3) is 0.167. The summed E-state index contributed by atoms with van der Waals surface area (Å²) in [5.41, 5.74) is 3.32. The molecule has 1 aromatic heterocycles. The number of nitrogens with zero attached hydrogens (tertiary/aromatic N) is 4. The van der Waals surface area contributed by atoms with Crippen molar-refractivity contribution in [2.45, 2.75) is 0 Å². The quantitative estimate of drug-likeness (QED) is 0.392. The molecule has 0 radical (unpaired) electrons. The number of anilines is 4. The van der Waals surface area contributed by atoms with Crippen molar-refractivity contribution in [2.24, 2.45) is 0 Å². The molecular formula is C24H22N6O3. The Labute approximate surface area is 191 Å². The molecule has 4 rings (SSSR count). The molecule has 1 fully saturated rings. The lowest BCUT2D eigenvalue weighted by atomic mass is 10.1. The average Bonchev–Trinajstić information content (AvgIpc) is 2.85. The van der Waals surface area contributed by atoms with Gasteiger partial charge in [-0.05, 0) is 36.4 Å². The molecule has 2 heterocycles. The number of hydrogen-bond donors (Lipinski definition) is 3. The van der Waals surface area contributed by atoms with Crippen molar-refractivity contribution in [3.8, 4) is 23.1 Å². The number of amides is 1. The van der Waals surface area contributed by atoms with Crippen molar-refractivity contribution in [3.05, 3.63) is 66.9 Å². The summed E-state index contributed by atoms with van der Waals surface area (Å²) in [6.45, 7) is 6.03. The van der Waals surface area contributed by atoms with Gasteiger partial charge in [0.05, 0.1) is 36.4 Å². The molecule has 3 aromatic rings. The van der Waals surface area contributed by atoms with E-state index in [4.69, 9.17) is 4.74 Å². The van der Waals surface area contributed by atoms with Crippen molar-refractivity contribution in [1.82, 2.24) is 9.97 Å². The molecular weight excluding hydrogens is 420 g/mol. The number of morpholine rings is 1. The van der Waals surface area contributed by atoms with Crippen LogP contribution in [0.4, 0.5) is 23.0 Å². The summed E-state index contributed by atoms with van der Waals surface area (Å²) in [6.07, 6.45) is 2.63. The first-order valence-corrected chi connectivity index (χ1v) is 10.3. The Morgan fingerprint density at radius 1 is 1.21 bits per heavy atom. The first kappa shape index (κ1) is 21.8. The van der Waals surface area contributed by atoms with Crippen LogP contribution in [0, 0.1) is 11.3 Å². The lowest BCUT2D eigenvalue weighted by molar-refractivity contribution is -0.111. The number of rotatable bonds is 6. The molecule has 2 aromatic carbocycles. The number of benzene rings is 2. The van der Waals surface area contributed by atoms with E-state index < -0.39 is 0 Å². The smallest absolute Gasteiger partial charge is 0.247 e. The molecule has 0 saturated carbocycles. The van der Waals surface area contributed by atoms with Gasteiger partial charge in [-0.25, -0.2) is 9.97 Å². The van der Waals surface area contributed by atoms with E-state index in [1.807, 2.05) is 6.07 Å². The number of carbonyl (C=O) groups excluding carboxylic acids is 1. The van der Waals surface area contributed by atoms with E-state index in [-0.39, 0.29) is 11.7 Å². The second-order valence-electron chi connectivity index (χ2n) is 7.27. The van der Waals surface area contributed by atoms with E-state index in [9.17, 15) is 15.2 Å². The Kier molecular flexibility index (Phi) is 6.48. The first-order chi connectivity index (χ1) is 16.1. The number of aromatic hydroxyl groups is 1. The minimum absolute atomic E-state index is 0.183. The Balaban J connectivity index is 1.63. The predicted molar refractivity (Wildman–Crippen MR) is 125 cm³/mol. The number of hydrogen-bond acceptors (Lipinski definition) is 8. The molecule has 0 unspecified atom stereocenters. The molecule has 1 aliphatic rings. The van der Waals surface area contributed by atoms with E-state index in [2.05, 4.69) is 38.1 Å². The number of phenolic OH excluding ortho intramolecular Hbond substituents is 1. The van der Waals surface area contributed by atoms with Crippen molar-refractivity contribution in [2.75, 3.05) is 41.8 Å². The van der Waals surface area contributed by atoms with Crippen molar-refractivity contribution >= 4 is 28.9 Å². The topological polar surface area (TPSA) is 123 Å². The summed E-state index contributed by atoms with van der Waals surface area (Å²) in [6, 6.07) is 14.3. The Hall–Kier alpha value is -4.42. The summed E-state index contributed by atoms with van der Waals surface area (Å²) in [5, 5.41) is 25.7. The SMILES string of the molecule is C=CC(=O)Nc1cccc(-c2nc(Nc3ccc(O)c(N4CCOCC4)c3)ncc2C#N)c1. The van der Waals surface area contributed by atoms with E-state index >= 15 is 0 Å². The summed E-state index contributed by atoms with van der Waals surface area (Å²) in [5.74, 6) is 0.145. The van der Waals surface area contributed by atoms with Crippen LogP contribution < -0.4 is 15.5 Å². The highest BCUT2D eigenvalue weighted by atomic mass is 16.5. The van der Waals surface area contributed by atoms with E-state index in [0.717, 1.165) is 0 Å². The monoisotopic (exact) mass is 442 g/mol. The first-order valence-electron chi connectivity index (χ1n) is 10.3. The van der Waals surface area contributed by atoms with Gasteiger partial charge in [-0.1, -0.05) is 18.7 Å². The largest absolute Gasteiger partial charge is 0.506 e. The lowest BCUT2D eigenvalue weighted by Crippen LogP contribution is -2.36. The maximum Gasteiger partial charge on any atom is 0.247 e. The van der Waals surface area contributed by atoms with Gasteiger partial charge in [-0.2, -0.15) is 5.26 Å². The highest BCUT2D eigenvalue weighted by molar-refractivity contribution is 5.99. The van der Waals surface area contributed by atoms with Gasteiger partial charge >= 0.3 is 0 Å². The number of carbonyl (C=O) groups is 1. The number of nitriles is 1. The maximum atomic E-state index is 11.6.